The van der Waals surface area contributed by atoms with Gasteiger partial charge in [0.1, 0.15) is 0 Å². The van der Waals surface area contributed by atoms with Crippen LogP contribution >= 0.6 is 0 Å². The molecule has 0 spiro atoms. The lowest BCUT2D eigenvalue weighted by molar-refractivity contribution is -0.146. The van der Waals surface area contributed by atoms with E-state index in [1.54, 1.807) is 0 Å². The highest BCUT2D eigenvalue weighted by molar-refractivity contribution is 5.72. The van der Waals surface area contributed by atoms with E-state index in [1.807, 2.05) is 13.8 Å². The van der Waals surface area contributed by atoms with Gasteiger partial charge in [-0.05, 0) is 24.8 Å². The summed E-state index contributed by atoms with van der Waals surface area (Å²) in [5, 5.41) is 3.31. The van der Waals surface area contributed by atoms with Crippen molar-refractivity contribution in [2.75, 3.05) is 20.2 Å². The van der Waals surface area contributed by atoms with E-state index in [1.165, 1.54) is 7.11 Å². The molecule has 3 nitrogen and oxygen atoms in total. The van der Waals surface area contributed by atoms with Gasteiger partial charge in [0.15, 0.2) is 0 Å². The summed E-state index contributed by atoms with van der Waals surface area (Å²) < 4.78 is 4.77. The second-order valence-electron chi connectivity index (χ2n) is 4.76. The Labute approximate surface area is 93.6 Å². The number of hydrogen-bond donors (Lipinski definition) is 1. The van der Waals surface area contributed by atoms with E-state index >= 15 is 0 Å². The monoisotopic (exact) mass is 215 g/mol. The van der Waals surface area contributed by atoms with Gasteiger partial charge in [0.2, 0.25) is 0 Å². The molecule has 1 unspecified atom stereocenters. The van der Waals surface area contributed by atoms with Crippen LogP contribution < -0.4 is 5.32 Å². The first-order valence-electron chi connectivity index (χ1n) is 5.77. The van der Waals surface area contributed by atoms with Crippen molar-refractivity contribution in [2.45, 2.75) is 34.1 Å². The van der Waals surface area contributed by atoms with Crippen LogP contribution in [-0.2, 0) is 9.53 Å². The third-order valence-electron chi connectivity index (χ3n) is 2.57. The van der Waals surface area contributed by atoms with Crippen LogP contribution in [0.5, 0.6) is 0 Å². The molecule has 0 aromatic carbocycles. The summed E-state index contributed by atoms with van der Waals surface area (Å²) in [5.74, 6) is 0.890. The van der Waals surface area contributed by atoms with Gasteiger partial charge in [0.05, 0.1) is 13.0 Å². The zero-order valence-corrected chi connectivity index (χ0v) is 10.7. The quantitative estimate of drug-likeness (QED) is 0.522. The molecule has 0 bridgehead atoms. The van der Waals surface area contributed by atoms with Gasteiger partial charge >= 0.3 is 5.97 Å². The minimum atomic E-state index is -0.109. The molecule has 0 saturated heterocycles. The normalized spacial score (nSPS) is 13.3. The largest absolute Gasteiger partial charge is 0.469 e. The third-order valence-corrected chi connectivity index (χ3v) is 2.57. The third kappa shape index (κ3) is 6.50. The Morgan fingerprint density at radius 2 is 1.87 bits per heavy atom. The number of rotatable bonds is 7. The molecule has 0 heterocycles. The summed E-state index contributed by atoms with van der Waals surface area (Å²) in [6.07, 6.45) is 1.14. The molecule has 0 aliphatic heterocycles. The Hall–Kier alpha value is -0.570. The first kappa shape index (κ1) is 14.4. The van der Waals surface area contributed by atoms with E-state index < -0.39 is 0 Å². The van der Waals surface area contributed by atoms with Crippen molar-refractivity contribution in [1.82, 2.24) is 5.32 Å². The van der Waals surface area contributed by atoms with Crippen LogP contribution in [0.4, 0.5) is 0 Å². The van der Waals surface area contributed by atoms with Crippen molar-refractivity contribution >= 4 is 5.97 Å². The zero-order valence-electron chi connectivity index (χ0n) is 10.7. The maximum Gasteiger partial charge on any atom is 0.310 e. The van der Waals surface area contributed by atoms with Gasteiger partial charge in [0, 0.05) is 6.54 Å². The molecule has 0 saturated carbocycles. The maximum atomic E-state index is 11.4. The first-order valence-corrected chi connectivity index (χ1v) is 5.77. The molecular formula is C12H25NO2. The van der Waals surface area contributed by atoms with Crippen LogP contribution in [0.2, 0.25) is 0 Å². The first-order chi connectivity index (χ1) is 6.99. The average Bonchev–Trinajstić information content (AvgIpc) is 2.15. The van der Waals surface area contributed by atoms with Crippen LogP contribution in [-0.4, -0.2) is 26.2 Å². The van der Waals surface area contributed by atoms with E-state index in [-0.39, 0.29) is 11.9 Å². The van der Waals surface area contributed by atoms with Crippen LogP contribution in [0.25, 0.3) is 0 Å². The van der Waals surface area contributed by atoms with E-state index in [0.29, 0.717) is 11.8 Å². The summed E-state index contributed by atoms with van der Waals surface area (Å²) in [5.41, 5.74) is 0. The highest BCUT2D eigenvalue weighted by atomic mass is 16.5. The summed E-state index contributed by atoms with van der Waals surface area (Å²) in [7, 11) is 1.45. The SMILES string of the molecule is COC(=O)C(CNCCC(C)C)C(C)C. The van der Waals surface area contributed by atoms with Crippen LogP contribution in [0.3, 0.4) is 0 Å². The van der Waals surface area contributed by atoms with Gasteiger partial charge in [-0.1, -0.05) is 27.7 Å². The lowest BCUT2D eigenvalue weighted by atomic mass is 9.96. The smallest absolute Gasteiger partial charge is 0.310 e. The van der Waals surface area contributed by atoms with Gasteiger partial charge in [-0.25, -0.2) is 0 Å². The molecule has 0 aliphatic rings. The summed E-state index contributed by atoms with van der Waals surface area (Å²) in [6, 6.07) is 0. The predicted molar refractivity (Wildman–Crippen MR) is 62.7 cm³/mol. The predicted octanol–water partition coefficient (Wildman–Crippen LogP) is 2.07. The van der Waals surface area contributed by atoms with Gasteiger partial charge in [-0.3, -0.25) is 4.79 Å². The topological polar surface area (TPSA) is 38.3 Å². The van der Waals surface area contributed by atoms with Gasteiger partial charge in [-0.2, -0.15) is 0 Å². The van der Waals surface area contributed by atoms with Crippen molar-refractivity contribution in [3.05, 3.63) is 0 Å². The number of methoxy groups -OCH3 is 1. The molecule has 0 amide bonds. The molecule has 0 aromatic rings. The maximum absolute atomic E-state index is 11.4. The van der Waals surface area contributed by atoms with Crippen LogP contribution in [0.15, 0.2) is 0 Å². The number of carbonyl (C=O) groups is 1. The number of carbonyl (C=O) groups excluding carboxylic acids is 1. The van der Waals surface area contributed by atoms with Gasteiger partial charge in [0.25, 0.3) is 0 Å². The van der Waals surface area contributed by atoms with E-state index in [4.69, 9.17) is 4.74 Å². The van der Waals surface area contributed by atoms with Crippen LogP contribution in [0, 0.1) is 17.8 Å². The minimum absolute atomic E-state index is 0.0258. The zero-order chi connectivity index (χ0) is 11.8. The van der Waals surface area contributed by atoms with E-state index in [9.17, 15) is 4.79 Å². The molecule has 1 N–H and O–H groups in total. The fraction of sp³-hybridized carbons (Fsp3) is 0.917. The van der Waals surface area contributed by atoms with Crippen molar-refractivity contribution in [3.8, 4) is 0 Å². The Kier molecular flexibility index (Phi) is 7.39. The van der Waals surface area contributed by atoms with E-state index in [2.05, 4.69) is 19.2 Å². The standard InChI is InChI=1S/C12H25NO2/c1-9(2)6-7-13-8-11(10(3)4)12(14)15-5/h9-11,13H,6-8H2,1-5H3. The molecule has 0 fully saturated rings. The summed E-state index contributed by atoms with van der Waals surface area (Å²) in [4.78, 5) is 11.4. The van der Waals surface area contributed by atoms with Crippen molar-refractivity contribution < 1.29 is 9.53 Å². The minimum Gasteiger partial charge on any atom is -0.469 e. The molecule has 0 aliphatic carbocycles. The fourth-order valence-corrected chi connectivity index (χ4v) is 1.39. The molecule has 15 heavy (non-hydrogen) atoms. The van der Waals surface area contributed by atoms with Crippen molar-refractivity contribution in [3.63, 3.8) is 0 Å². The second-order valence-corrected chi connectivity index (χ2v) is 4.76. The molecule has 0 rings (SSSR count). The lowest BCUT2D eigenvalue weighted by Gasteiger charge is -2.19. The average molecular weight is 215 g/mol. The molecule has 1 atom stereocenters. The van der Waals surface area contributed by atoms with Crippen molar-refractivity contribution in [1.29, 1.82) is 0 Å². The van der Waals surface area contributed by atoms with Crippen LogP contribution in [0.1, 0.15) is 34.1 Å². The van der Waals surface area contributed by atoms with E-state index in [0.717, 1.165) is 19.5 Å². The summed E-state index contributed by atoms with van der Waals surface area (Å²) >= 11 is 0. The number of ether oxygens (including phenoxy) is 1. The number of esters is 1. The van der Waals surface area contributed by atoms with Gasteiger partial charge in [-0.15, -0.1) is 0 Å². The van der Waals surface area contributed by atoms with Crippen molar-refractivity contribution in [2.24, 2.45) is 17.8 Å². The highest BCUT2D eigenvalue weighted by Gasteiger charge is 2.22. The Bertz CT molecular complexity index is 178. The second kappa shape index (κ2) is 7.69. The molecule has 0 radical (unpaired) electrons. The Balaban J connectivity index is 3.82. The molecule has 0 aromatic heterocycles. The number of nitrogens with one attached hydrogen (secondary N) is 1. The van der Waals surface area contributed by atoms with Gasteiger partial charge < -0.3 is 10.1 Å². The summed E-state index contributed by atoms with van der Waals surface area (Å²) in [6.45, 7) is 10.2. The molecule has 3 heteroatoms. The fourth-order valence-electron chi connectivity index (χ4n) is 1.39. The lowest BCUT2D eigenvalue weighted by Crippen LogP contribution is -2.33. The Morgan fingerprint density at radius 3 is 2.27 bits per heavy atom. The molecular weight excluding hydrogens is 190 g/mol. The molecule has 90 valence electrons. The Morgan fingerprint density at radius 1 is 1.27 bits per heavy atom. The highest BCUT2D eigenvalue weighted by Crippen LogP contribution is 2.11. The number of hydrogen-bond acceptors (Lipinski definition) is 3.